The summed E-state index contributed by atoms with van der Waals surface area (Å²) >= 11 is 0. The molecule has 0 saturated carbocycles. The van der Waals surface area contributed by atoms with Gasteiger partial charge in [0.15, 0.2) is 5.78 Å². The fraction of sp³-hybridized carbons (Fsp3) is 0.562. The maximum absolute atomic E-state index is 11.6. The summed E-state index contributed by atoms with van der Waals surface area (Å²) in [5.74, 6) is 0.213. The second-order valence-corrected chi connectivity index (χ2v) is 5.20. The highest BCUT2D eigenvalue weighted by Crippen LogP contribution is 2.20. The molecule has 0 aliphatic carbocycles. The van der Waals surface area contributed by atoms with Gasteiger partial charge >= 0.3 is 0 Å². The molecule has 1 aliphatic heterocycles. The standard InChI is InChI=1S/C16H23NO2/c1-3-16(18)14-8-6-13(7-9-14)11-17-10-4-5-15(17)12-19-2/h6-9,15H,3-5,10-12H2,1-2H3/t15-/m0/s1. The molecule has 1 atom stereocenters. The van der Waals surface area contributed by atoms with E-state index in [0.29, 0.717) is 12.5 Å². The normalized spacial score (nSPS) is 19.8. The van der Waals surface area contributed by atoms with E-state index in [1.807, 2.05) is 19.1 Å². The molecule has 1 saturated heterocycles. The van der Waals surface area contributed by atoms with E-state index in [1.165, 1.54) is 18.4 Å². The molecule has 2 rings (SSSR count). The monoisotopic (exact) mass is 261 g/mol. The third-order valence-electron chi connectivity index (χ3n) is 3.84. The van der Waals surface area contributed by atoms with E-state index in [1.54, 1.807) is 7.11 Å². The molecule has 1 fully saturated rings. The van der Waals surface area contributed by atoms with Crippen molar-refractivity contribution in [3.05, 3.63) is 35.4 Å². The molecule has 0 spiro atoms. The lowest BCUT2D eigenvalue weighted by Crippen LogP contribution is -2.32. The Morgan fingerprint density at radius 2 is 2.11 bits per heavy atom. The van der Waals surface area contributed by atoms with Gasteiger partial charge in [0.05, 0.1) is 6.61 Å². The van der Waals surface area contributed by atoms with Crippen molar-refractivity contribution in [2.75, 3.05) is 20.3 Å². The first kappa shape index (κ1) is 14.2. The minimum absolute atomic E-state index is 0.213. The SMILES string of the molecule is CCC(=O)c1ccc(CN2CCC[C@H]2COC)cc1. The number of likely N-dealkylation sites (tertiary alicyclic amines) is 1. The van der Waals surface area contributed by atoms with Crippen LogP contribution in [-0.4, -0.2) is 37.0 Å². The van der Waals surface area contributed by atoms with Gasteiger partial charge in [0, 0.05) is 31.7 Å². The van der Waals surface area contributed by atoms with Gasteiger partial charge in [-0.3, -0.25) is 9.69 Å². The van der Waals surface area contributed by atoms with Crippen LogP contribution >= 0.6 is 0 Å². The Bertz CT molecular complexity index is 413. The summed E-state index contributed by atoms with van der Waals surface area (Å²) in [5.41, 5.74) is 2.09. The van der Waals surface area contributed by atoms with Crippen LogP contribution in [0.25, 0.3) is 0 Å². The molecule has 104 valence electrons. The summed E-state index contributed by atoms with van der Waals surface area (Å²) in [6, 6.07) is 8.59. The minimum Gasteiger partial charge on any atom is -0.383 e. The number of hydrogen-bond acceptors (Lipinski definition) is 3. The molecule has 3 heteroatoms. The molecular formula is C16H23NO2. The third kappa shape index (κ3) is 3.64. The van der Waals surface area contributed by atoms with E-state index in [-0.39, 0.29) is 5.78 Å². The predicted molar refractivity (Wildman–Crippen MR) is 76.4 cm³/mol. The molecule has 0 radical (unpaired) electrons. The van der Waals surface area contributed by atoms with Gasteiger partial charge in [-0.1, -0.05) is 31.2 Å². The minimum atomic E-state index is 0.213. The molecule has 0 amide bonds. The van der Waals surface area contributed by atoms with Gasteiger partial charge in [-0.05, 0) is 24.9 Å². The fourth-order valence-electron chi connectivity index (χ4n) is 2.72. The number of Topliss-reactive ketones (excluding diaryl/α,β-unsaturated/α-hetero) is 1. The van der Waals surface area contributed by atoms with E-state index >= 15 is 0 Å². The van der Waals surface area contributed by atoms with Crippen LogP contribution in [0, 0.1) is 0 Å². The van der Waals surface area contributed by atoms with Crippen LogP contribution in [0.4, 0.5) is 0 Å². The Labute approximate surface area is 115 Å². The van der Waals surface area contributed by atoms with Crippen molar-refractivity contribution in [2.45, 2.75) is 38.8 Å². The van der Waals surface area contributed by atoms with E-state index in [2.05, 4.69) is 17.0 Å². The Balaban J connectivity index is 1.97. The molecule has 0 aromatic heterocycles. The van der Waals surface area contributed by atoms with Crippen LogP contribution in [0.2, 0.25) is 0 Å². The van der Waals surface area contributed by atoms with Crippen molar-refractivity contribution >= 4 is 5.78 Å². The summed E-state index contributed by atoms with van der Waals surface area (Å²) < 4.78 is 5.27. The zero-order chi connectivity index (χ0) is 13.7. The zero-order valence-electron chi connectivity index (χ0n) is 11.9. The molecule has 19 heavy (non-hydrogen) atoms. The molecule has 1 heterocycles. The van der Waals surface area contributed by atoms with Crippen molar-refractivity contribution in [2.24, 2.45) is 0 Å². The topological polar surface area (TPSA) is 29.5 Å². The van der Waals surface area contributed by atoms with Crippen molar-refractivity contribution in [1.82, 2.24) is 4.90 Å². The smallest absolute Gasteiger partial charge is 0.162 e. The van der Waals surface area contributed by atoms with Gasteiger partial charge < -0.3 is 4.74 Å². The zero-order valence-corrected chi connectivity index (χ0v) is 11.9. The predicted octanol–water partition coefficient (Wildman–Crippen LogP) is 2.89. The van der Waals surface area contributed by atoms with Crippen LogP contribution in [0.15, 0.2) is 24.3 Å². The number of ketones is 1. The van der Waals surface area contributed by atoms with Crippen molar-refractivity contribution in [3.63, 3.8) is 0 Å². The van der Waals surface area contributed by atoms with Crippen LogP contribution in [0.5, 0.6) is 0 Å². The Morgan fingerprint density at radius 1 is 1.37 bits per heavy atom. The quantitative estimate of drug-likeness (QED) is 0.737. The second kappa shape index (κ2) is 6.83. The summed E-state index contributed by atoms with van der Waals surface area (Å²) in [4.78, 5) is 14.1. The highest BCUT2D eigenvalue weighted by Gasteiger charge is 2.24. The second-order valence-electron chi connectivity index (χ2n) is 5.20. The Morgan fingerprint density at radius 3 is 2.74 bits per heavy atom. The Kier molecular flexibility index (Phi) is 5.11. The average molecular weight is 261 g/mol. The number of rotatable bonds is 6. The molecule has 0 unspecified atom stereocenters. The summed E-state index contributed by atoms with van der Waals surface area (Å²) in [6.07, 6.45) is 3.04. The molecule has 1 aromatic rings. The van der Waals surface area contributed by atoms with E-state index in [0.717, 1.165) is 25.3 Å². The largest absolute Gasteiger partial charge is 0.383 e. The van der Waals surface area contributed by atoms with Gasteiger partial charge in [-0.15, -0.1) is 0 Å². The van der Waals surface area contributed by atoms with Crippen LogP contribution in [0.3, 0.4) is 0 Å². The van der Waals surface area contributed by atoms with Gasteiger partial charge in [-0.2, -0.15) is 0 Å². The maximum Gasteiger partial charge on any atom is 0.162 e. The van der Waals surface area contributed by atoms with E-state index in [4.69, 9.17) is 4.74 Å². The van der Waals surface area contributed by atoms with Gasteiger partial charge in [-0.25, -0.2) is 0 Å². The van der Waals surface area contributed by atoms with Crippen molar-refractivity contribution in [1.29, 1.82) is 0 Å². The Hall–Kier alpha value is -1.19. The first-order valence-corrected chi connectivity index (χ1v) is 7.09. The number of benzene rings is 1. The first-order valence-electron chi connectivity index (χ1n) is 7.09. The lowest BCUT2D eigenvalue weighted by atomic mass is 10.1. The fourth-order valence-corrected chi connectivity index (χ4v) is 2.72. The van der Waals surface area contributed by atoms with Crippen LogP contribution < -0.4 is 0 Å². The van der Waals surface area contributed by atoms with E-state index < -0.39 is 0 Å². The highest BCUT2D eigenvalue weighted by molar-refractivity contribution is 5.95. The number of carbonyl (C=O) groups excluding carboxylic acids is 1. The molecule has 0 N–H and O–H groups in total. The molecule has 1 aromatic carbocycles. The highest BCUT2D eigenvalue weighted by atomic mass is 16.5. The van der Waals surface area contributed by atoms with Crippen LogP contribution in [0.1, 0.15) is 42.1 Å². The van der Waals surface area contributed by atoms with Crippen molar-refractivity contribution in [3.8, 4) is 0 Å². The maximum atomic E-state index is 11.6. The van der Waals surface area contributed by atoms with Gasteiger partial charge in [0.2, 0.25) is 0 Å². The lowest BCUT2D eigenvalue weighted by Gasteiger charge is -2.23. The number of nitrogens with zero attached hydrogens (tertiary/aromatic N) is 1. The number of carbonyl (C=O) groups is 1. The summed E-state index contributed by atoms with van der Waals surface area (Å²) in [5, 5.41) is 0. The molecule has 3 nitrogen and oxygen atoms in total. The molecular weight excluding hydrogens is 238 g/mol. The lowest BCUT2D eigenvalue weighted by molar-refractivity contribution is 0.0988. The van der Waals surface area contributed by atoms with Gasteiger partial charge in [0.1, 0.15) is 0 Å². The van der Waals surface area contributed by atoms with Gasteiger partial charge in [0.25, 0.3) is 0 Å². The number of ether oxygens (including phenoxy) is 1. The van der Waals surface area contributed by atoms with Crippen molar-refractivity contribution < 1.29 is 9.53 Å². The van der Waals surface area contributed by atoms with E-state index in [9.17, 15) is 4.79 Å². The number of methoxy groups -OCH3 is 1. The summed E-state index contributed by atoms with van der Waals surface area (Å²) in [6.45, 7) is 4.81. The average Bonchev–Trinajstić information content (AvgIpc) is 2.86. The summed E-state index contributed by atoms with van der Waals surface area (Å²) in [7, 11) is 1.77. The molecule has 0 bridgehead atoms. The number of hydrogen-bond donors (Lipinski definition) is 0. The molecule has 1 aliphatic rings. The van der Waals surface area contributed by atoms with Crippen LogP contribution in [-0.2, 0) is 11.3 Å². The third-order valence-corrected chi connectivity index (χ3v) is 3.84. The first-order chi connectivity index (χ1) is 9.24.